The Morgan fingerprint density at radius 3 is 2.64 bits per heavy atom. The lowest BCUT2D eigenvalue weighted by atomic mass is 9.97. The highest BCUT2D eigenvalue weighted by Gasteiger charge is 2.43. The molecule has 1 amide bonds. The number of pyridine rings is 1. The smallest absolute Gasteiger partial charge is 0.245 e. The summed E-state index contributed by atoms with van der Waals surface area (Å²) in [6.45, 7) is 10.1. The van der Waals surface area contributed by atoms with Gasteiger partial charge in [-0.3, -0.25) is 9.78 Å². The standard InChI is InChI=1S/C23H31N3O2/c1-22(2,3)28-17-19-8-5-7-18(15-19)16-25-21(27)23(4)11-6-14-26(23)20-9-12-24-13-10-20/h5,7-10,12-13,15H,6,11,14,16-17H2,1-4H3,(H,25,27)/t23-/m0/s1. The molecule has 0 radical (unpaired) electrons. The van der Waals surface area contributed by atoms with Crippen molar-refractivity contribution in [2.75, 3.05) is 11.4 Å². The first kappa shape index (κ1) is 20.3. The number of amides is 1. The summed E-state index contributed by atoms with van der Waals surface area (Å²) in [5.74, 6) is 0.0677. The van der Waals surface area contributed by atoms with Gasteiger partial charge in [0.25, 0.3) is 0 Å². The monoisotopic (exact) mass is 381 g/mol. The molecule has 1 N–H and O–H groups in total. The molecule has 1 saturated heterocycles. The SMILES string of the molecule is CC(C)(C)OCc1cccc(CNC(=O)[C@]2(C)CCCN2c2ccncc2)c1. The molecule has 1 aliphatic heterocycles. The highest BCUT2D eigenvalue weighted by Crippen LogP contribution is 2.34. The van der Waals surface area contributed by atoms with Crippen LogP contribution in [-0.2, 0) is 22.7 Å². The predicted octanol–water partition coefficient (Wildman–Crippen LogP) is 4.07. The van der Waals surface area contributed by atoms with Gasteiger partial charge in [0, 0.05) is 31.2 Å². The average Bonchev–Trinajstić information content (AvgIpc) is 3.08. The summed E-state index contributed by atoms with van der Waals surface area (Å²) in [5, 5.41) is 3.14. The molecule has 5 heteroatoms. The number of nitrogens with zero attached hydrogens (tertiary/aromatic N) is 2. The maximum atomic E-state index is 13.1. The van der Waals surface area contributed by atoms with Gasteiger partial charge in [-0.15, -0.1) is 0 Å². The van der Waals surface area contributed by atoms with E-state index < -0.39 is 5.54 Å². The van der Waals surface area contributed by atoms with Crippen molar-refractivity contribution in [3.8, 4) is 0 Å². The summed E-state index contributed by atoms with van der Waals surface area (Å²) in [6.07, 6.45) is 5.40. The Bertz CT molecular complexity index is 801. The van der Waals surface area contributed by atoms with Crippen LogP contribution in [-0.4, -0.2) is 28.6 Å². The minimum Gasteiger partial charge on any atom is -0.371 e. The van der Waals surface area contributed by atoms with Gasteiger partial charge in [0.05, 0.1) is 12.2 Å². The molecular weight excluding hydrogens is 350 g/mol. The van der Waals surface area contributed by atoms with Gasteiger partial charge in [0.1, 0.15) is 5.54 Å². The van der Waals surface area contributed by atoms with E-state index in [0.717, 1.165) is 36.2 Å². The van der Waals surface area contributed by atoms with Crippen molar-refractivity contribution in [2.45, 2.75) is 64.8 Å². The van der Waals surface area contributed by atoms with Gasteiger partial charge in [-0.1, -0.05) is 24.3 Å². The van der Waals surface area contributed by atoms with Crippen LogP contribution in [0.3, 0.4) is 0 Å². The van der Waals surface area contributed by atoms with Crippen molar-refractivity contribution in [1.82, 2.24) is 10.3 Å². The molecule has 0 saturated carbocycles. The fraction of sp³-hybridized carbons (Fsp3) is 0.478. The minimum absolute atomic E-state index is 0.0677. The molecule has 0 spiro atoms. The second-order valence-electron chi connectivity index (χ2n) is 8.64. The topological polar surface area (TPSA) is 54.5 Å². The fourth-order valence-corrected chi connectivity index (χ4v) is 3.64. The highest BCUT2D eigenvalue weighted by molar-refractivity contribution is 5.90. The Labute approximate surface area is 168 Å². The van der Waals surface area contributed by atoms with E-state index in [1.807, 2.05) is 52.0 Å². The van der Waals surface area contributed by atoms with Gasteiger partial charge in [-0.05, 0) is 63.8 Å². The van der Waals surface area contributed by atoms with Gasteiger partial charge < -0.3 is 15.0 Å². The highest BCUT2D eigenvalue weighted by atomic mass is 16.5. The average molecular weight is 382 g/mol. The van der Waals surface area contributed by atoms with E-state index in [-0.39, 0.29) is 11.5 Å². The van der Waals surface area contributed by atoms with E-state index in [4.69, 9.17) is 4.74 Å². The lowest BCUT2D eigenvalue weighted by molar-refractivity contribution is -0.125. The van der Waals surface area contributed by atoms with Crippen LogP contribution in [0.5, 0.6) is 0 Å². The molecule has 0 bridgehead atoms. The first-order valence-electron chi connectivity index (χ1n) is 9.96. The van der Waals surface area contributed by atoms with E-state index in [1.165, 1.54) is 0 Å². The van der Waals surface area contributed by atoms with Crippen molar-refractivity contribution in [3.05, 3.63) is 59.9 Å². The maximum Gasteiger partial charge on any atom is 0.245 e. The molecule has 1 aromatic carbocycles. The number of hydrogen-bond donors (Lipinski definition) is 1. The van der Waals surface area contributed by atoms with Crippen molar-refractivity contribution in [3.63, 3.8) is 0 Å². The first-order chi connectivity index (χ1) is 13.3. The van der Waals surface area contributed by atoms with E-state index >= 15 is 0 Å². The molecule has 0 unspecified atom stereocenters. The molecule has 0 aliphatic carbocycles. The third kappa shape index (κ3) is 4.90. The summed E-state index contributed by atoms with van der Waals surface area (Å²) in [6, 6.07) is 12.1. The molecule has 150 valence electrons. The Morgan fingerprint density at radius 1 is 1.21 bits per heavy atom. The maximum absolute atomic E-state index is 13.1. The largest absolute Gasteiger partial charge is 0.371 e. The summed E-state index contributed by atoms with van der Waals surface area (Å²) in [4.78, 5) is 19.4. The molecule has 1 aliphatic rings. The number of ether oxygens (including phenoxy) is 1. The van der Waals surface area contributed by atoms with Crippen molar-refractivity contribution >= 4 is 11.6 Å². The minimum atomic E-state index is -0.533. The predicted molar refractivity (Wildman–Crippen MR) is 112 cm³/mol. The molecule has 5 nitrogen and oxygen atoms in total. The fourth-order valence-electron chi connectivity index (χ4n) is 3.64. The van der Waals surface area contributed by atoms with Crippen LogP contribution >= 0.6 is 0 Å². The van der Waals surface area contributed by atoms with Gasteiger partial charge >= 0.3 is 0 Å². The number of hydrogen-bond acceptors (Lipinski definition) is 4. The van der Waals surface area contributed by atoms with Crippen LogP contribution in [0.2, 0.25) is 0 Å². The van der Waals surface area contributed by atoms with Gasteiger partial charge in [-0.2, -0.15) is 0 Å². The molecule has 1 atom stereocenters. The molecular formula is C23H31N3O2. The van der Waals surface area contributed by atoms with Gasteiger partial charge in [0.2, 0.25) is 5.91 Å². The number of rotatable bonds is 6. The molecule has 1 aromatic heterocycles. The number of benzene rings is 1. The summed E-state index contributed by atoms with van der Waals surface area (Å²) in [7, 11) is 0. The summed E-state index contributed by atoms with van der Waals surface area (Å²) < 4.78 is 5.86. The number of carbonyl (C=O) groups excluding carboxylic acids is 1. The van der Waals surface area contributed by atoms with Crippen molar-refractivity contribution in [1.29, 1.82) is 0 Å². The second kappa shape index (κ2) is 8.31. The summed E-state index contributed by atoms with van der Waals surface area (Å²) in [5.41, 5.74) is 2.55. The Balaban J connectivity index is 1.63. The van der Waals surface area contributed by atoms with Crippen molar-refractivity contribution in [2.24, 2.45) is 0 Å². The van der Waals surface area contributed by atoms with E-state index in [1.54, 1.807) is 12.4 Å². The van der Waals surface area contributed by atoms with Gasteiger partial charge in [-0.25, -0.2) is 0 Å². The number of aromatic nitrogens is 1. The molecule has 1 fully saturated rings. The van der Waals surface area contributed by atoms with Gasteiger partial charge in [0.15, 0.2) is 0 Å². The number of anilines is 1. The number of carbonyl (C=O) groups is 1. The number of nitrogens with one attached hydrogen (secondary N) is 1. The van der Waals surface area contributed by atoms with E-state index in [2.05, 4.69) is 27.3 Å². The van der Waals surface area contributed by atoms with Crippen LogP contribution in [0.4, 0.5) is 5.69 Å². The van der Waals surface area contributed by atoms with Crippen molar-refractivity contribution < 1.29 is 9.53 Å². The van der Waals surface area contributed by atoms with Crippen LogP contribution in [0, 0.1) is 0 Å². The Kier molecular flexibility index (Phi) is 6.04. The van der Waals surface area contributed by atoms with Crippen LogP contribution in [0.25, 0.3) is 0 Å². The second-order valence-corrected chi connectivity index (χ2v) is 8.64. The molecule has 2 aromatic rings. The summed E-state index contributed by atoms with van der Waals surface area (Å²) >= 11 is 0. The Morgan fingerprint density at radius 2 is 1.93 bits per heavy atom. The van der Waals surface area contributed by atoms with E-state index in [0.29, 0.717) is 13.2 Å². The van der Waals surface area contributed by atoms with Crippen LogP contribution in [0.15, 0.2) is 48.8 Å². The van der Waals surface area contributed by atoms with Crippen LogP contribution in [0.1, 0.15) is 51.7 Å². The Hall–Kier alpha value is -2.40. The normalized spacial score (nSPS) is 19.6. The third-order valence-corrected chi connectivity index (χ3v) is 5.22. The van der Waals surface area contributed by atoms with Crippen LogP contribution < -0.4 is 10.2 Å². The molecule has 3 rings (SSSR count). The quantitative estimate of drug-likeness (QED) is 0.819. The molecule has 2 heterocycles. The molecule has 28 heavy (non-hydrogen) atoms. The zero-order valence-corrected chi connectivity index (χ0v) is 17.4. The third-order valence-electron chi connectivity index (χ3n) is 5.22. The lowest BCUT2D eigenvalue weighted by Gasteiger charge is -2.35. The first-order valence-corrected chi connectivity index (χ1v) is 9.96. The lowest BCUT2D eigenvalue weighted by Crippen LogP contribution is -2.53. The zero-order valence-electron chi connectivity index (χ0n) is 17.4. The van der Waals surface area contributed by atoms with E-state index in [9.17, 15) is 4.79 Å². The zero-order chi connectivity index (χ0) is 20.2.